The van der Waals surface area contributed by atoms with Crippen LogP contribution in [0.5, 0.6) is 0 Å². The molecule has 0 spiro atoms. The summed E-state index contributed by atoms with van der Waals surface area (Å²) in [5.74, 6) is 0.927. The first-order chi connectivity index (χ1) is 19.8. The quantitative estimate of drug-likeness (QED) is 0.308. The van der Waals surface area contributed by atoms with E-state index in [0.29, 0.717) is 22.5 Å². The van der Waals surface area contributed by atoms with Gasteiger partial charge in [-0.1, -0.05) is 12.1 Å². The fourth-order valence-electron chi connectivity index (χ4n) is 6.10. The summed E-state index contributed by atoms with van der Waals surface area (Å²) in [5, 5.41) is 18.5. The van der Waals surface area contributed by atoms with Crippen molar-refractivity contribution in [2.45, 2.75) is 29.9 Å². The van der Waals surface area contributed by atoms with Crippen LogP contribution in [0, 0.1) is 11.3 Å². The van der Waals surface area contributed by atoms with Crippen LogP contribution in [-0.4, -0.2) is 69.1 Å². The van der Waals surface area contributed by atoms with Crippen molar-refractivity contribution in [3.05, 3.63) is 84.6 Å². The van der Waals surface area contributed by atoms with Gasteiger partial charge in [-0.3, -0.25) is 9.58 Å². The summed E-state index contributed by atoms with van der Waals surface area (Å²) in [6.45, 7) is 2.49. The lowest BCUT2D eigenvalue weighted by Gasteiger charge is -2.56. The number of rotatable bonds is 6. The lowest BCUT2D eigenvalue weighted by Crippen LogP contribution is -2.68. The van der Waals surface area contributed by atoms with Crippen LogP contribution in [0.2, 0.25) is 0 Å². The third kappa shape index (κ3) is 4.55. The fourth-order valence-corrected chi connectivity index (χ4v) is 6.79. The molecule has 10 nitrogen and oxygen atoms in total. The smallest absolute Gasteiger partial charge is 0.175 e. The highest BCUT2D eigenvalue weighted by molar-refractivity contribution is 7.90. The molecule has 11 heteroatoms. The number of piperidine rings is 1. The van der Waals surface area contributed by atoms with E-state index in [9.17, 15) is 13.7 Å². The number of anilines is 1. The van der Waals surface area contributed by atoms with E-state index in [1.54, 1.807) is 27.5 Å². The van der Waals surface area contributed by atoms with Crippen molar-refractivity contribution >= 4 is 21.2 Å². The lowest BCUT2D eigenvalue weighted by molar-refractivity contribution is -0.00872. The maximum absolute atomic E-state index is 12.0. The van der Waals surface area contributed by atoms with E-state index in [2.05, 4.69) is 44.3 Å². The van der Waals surface area contributed by atoms with E-state index in [0.717, 1.165) is 65.2 Å². The minimum atomic E-state index is -3.22. The first-order valence-electron chi connectivity index (χ1n) is 13.4. The molecule has 0 amide bonds. The molecule has 206 valence electrons. The molecule has 0 aliphatic carbocycles. The third-order valence-electron chi connectivity index (χ3n) is 8.19. The van der Waals surface area contributed by atoms with Crippen LogP contribution in [0.4, 0.5) is 5.82 Å². The Balaban J connectivity index is 1.12. The first-order valence-corrected chi connectivity index (χ1v) is 15.3. The Morgan fingerprint density at radius 1 is 0.976 bits per heavy atom. The normalized spacial score (nSPS) is 18.8. The number of aryl methyl sites for hydroxylation is 1. The number of sulfone groups is 1. The van der Waals surface area contributed by atoms with Gasteiger partial charge >= 0.3 is 0 Å². The molecule has 3 aliphatic heterocycles. The molecule has 2 unspecified atom stereocenters. The number of piperazine rings is 1. The number of benzene rings is 1. The number of hydrogen-bond donors (Lipinski definition) is 0. The summed E-state index contributed by atoms with van der Waals surface area (Å²) in [6, 6.07) is 16.5. The molecule has 2 bridgehead atoms. The van der Waals surface area contributed by atoms with E-state index in [1.807, 2.05) is 44.0 Å². The summed E-state index contributed by atoms with van der Waals surface area (Å²) in [4.78, 5) is 10.0. The first kappa shape index (κ1) is 25.4. The second-order valence-electron chi connectivity index (χ2n) is 11.0. The number of fused-ring (bicyclic) bond motifs is 3. The molecular formula is C30H28N8O2S. The number of nitrogens with zero attached hydrogens (tertiary/aromatic N) is 8. The number of nitriles is 1. The van der Waals surface area contributed by atoms with Gasteiger partial charge in [0.1, 0.15) is 11.9 Å². The predicted molar refractivity (Wildman–Crippen MR) is 155 cm³/mol. The Kier molecular flexibility index (Phi) is 5.92. The highest BCUT2D eigenvalue weighted by Crippen LogP contribution is 2.37. The average Bonchev–Trinajstić information content (AvgIpc) is 3.61. The molecular weight excluding hydrogens is 536 g/mol. The van der Waals surface area contributed by atoms with Gasteiger partial charge in [0.2, 0.25) is 0 Å². The Hall–Kier alpha value is -4.53. The Morgan fingerprint density at radius 3 is 2.49 bits per heavy atom. The van der Waals surface area contributed by atoms with Crippen LogP contribution >= 0.6 is 0 Å². The van der Waals surface area contributed by atoms with Crippen LogP contribution in [0.3, 0.4) is 0 Å². The Morgan fingerprint density at radius 2 is 1.80 bits per heavy atom. The molecule has 3 saturated heterocycles. The maximum atomic E-state index is 12.0. The second-order valence-corrected chi connectivity index (χ2v) is 13.0. The zero-order valence-corrected chi connectivity index (χ0v) is 23.5. The molecule has 5 aromatic rings. The standard InChI is InChI=1S/C30H28N8O2S/c1-35-16-24(14-33-35)22-9-28(30-23(11-31)13-34-38(30)17-22)21-6-7-29(32-12-21)36-18-25-10-26(19-36)37(25)15-20-4-3-5-27(8-20)41(2,39)40/h3-9,12-14,16-17,25-26H,10,15,18-19H2,1-2H3. The molecule has 0 N–H and O–H groups in total. The van der Waals surface area contributed by atoms with Crippen molar-refractivity contribution in [3.8, 4) is 28.3 Å². The highest BCUT2D eigenvalue weighted by Gasteiger charge is 2.44. The fraction of sp³-hybridized carbons (Fsp3) is 0.267. The predicted octanol–water partition coefficient (Wildman–Crippen LogP) is 3.54. The van der Waals surface area contributed by atoms with Gasteiger partial charge in [0.15, 0.2) is 9.84 Å². The second kappa shape index (κ2) is 9.54. The Bertz CT molecular complexity index is 1930. The van der Waals surface area contributed by atoms with Gasteiger partial charge in [-0.2, -0.15) is 15.5 Å². The van der Waals surface area contributed by atoms with Crippen molar-refractivity contribution in [1.29, 1.82) is 5.26 Å². The summed E-state index contributed by atoms with van der Waals surface area (Å²) < 4.78 is 27.5. The van der Waals surface area contributed by atoms with Gasteiger partial charge in [-0.15, -0.1) is 0 Å². The minimum Gasteiger partial charge on any atom is -0.353 e. The van der Waals surface area contributed by atoms with Gasteiger partial charge in [-0.05, 0) is 42.3 Å². The van der Waals surface area contributed by atoms with E-state index in [4.69, 9.17) is 4.98 Å². The van der Waals surface area contributed by atoms with Crippen LogP contribution in [-0.2, 0) is 23.4 Å². The van der Waals surface area contributed by atoms with Crippen LogP contribution < -0.4 is 4.90 Å². The molecule has 0 radical (unpaired) electrons. The zero-order valence-electron chi connectivity index (χ0n) is 22.7. The SMILES string of the molecule is Cn1cc(-c2cc(-c3ccc(N4CC5CC(C4)N5Cc4cccc(S(C)(=O)=O)c4)nc3)c3c(C#N)cnn3c2)cn1. The molecule has 7 heterocycles. The Labute approximate surface area is 238 Å². The third-order valence-corrected chi connectivity index (χ3v) is 9.30. The number of hydrogen-bond acceptors (Lipinski definition) is 8. The summed E-state index contributed by atoms with van der Waals surface area (Å²) in [7, 11) is -1.34. The van der Waals surface area contributed by atoms with E-state index >= 15 is 0 Å². The lowest BCUT2D eigenvalue weighted by atomic mass is 9.86. The zero-order chi connectivity index (χ0) is 28.3. The number of aromatic nitrogens is 5. The van der Waals surface area contributed by atoms with Gasteiger partial charge in [0, 0.05) is 85.9 Å². The van der Waals surface area contributed by atoms with Crippen LogP contribution in [0.1, 0.15) is 17.5 Å². The van der Waals surface area contributed by atoms with Crippen molar-refractivity contribution in [3.63, 3.8) is 0 Å². The largest absolute Gasteiger partial charge is 0.353 e. The number of pyridine rings is 2. The van der Waals surface area contributed by atoms with Crippen LogP contribution in [0.25, 0.3) is 27.8 Å². The molecule has 0 saturated carbocycles. The van der Waals surface area contributed by atoms with Crippen molar-refractivity contribution < 1.29 is 8.42 Å². The maximum Gasteiger partial charge on any atom is 0.175 e. The topological polar surface area (TPSA) is 112 Å². The van der Waals surface area contributed by atoms with E-state index in [1.165, 1.54) is 6.26 Å². The summed E-state index contributed by atoms with van der Waals surface area (Å²) in [5.41, 5.74) is 6.02. The van der Waals surface area contributed by atoms with Crippen molar-refractivity contribution in [2.75, 3.05) is 24.2 Å². The minimum absolute atomic E-state index is 0.368. The average molecular weight is 565 g/mol. The molecule has 41 heavy (non-hydrogen) atoms. The van der Waals surface area contributed by atoms with E-state index < -0.39 is 9.84 Å². The molecule has 1 aromatic carbocycles. The summed E-state index contributed by atoms with van der Waals surface area (Å²) >= 11 is 0. The molecule has 8 rings (SSSR count). The summed E-state index contributed by atoms with van der Waals surface area (Å²) in [6.07, 6.45) is 11.5. The molecule has 3 aliphatic rings. The van der Waals surface area contributed by atoms with Crippen molar-refractivity contribution in [2.24, 2.45) is 7.05 Å². The molecule has 2 atom stereocenters. The molecule has 4 aromatic heterocycles. The van der Waals surface area contributed by atoms with Gasteiger partial charge in [0.05, 0.1) is 28.4 Å². The molecule has 3 fully saturated rings. The van der Waals surface area contributed by atoms with Crippen molar-refractivity contribution in [1.82, 2.24) is 29.3 Å². The van der Waals surface area contributed by atoms with Gasteiger partial charge in [0.25, 0.3) is 0 Å². The monoisotopic (exact) mass is 564 g/mol. The highest BCUT2D eigenvalue weighted by atomic mass is 32.2. The van der Waals surface area contributed by atoms with Crippen LogP contribution in [0.15, 0.2) is 78.3 Å². The van der Waals surface area contributed by atoms with E-state index in [-0.39, 0.29) is 0 Å². The van der Waals surface area contributed by atoms with Gasteiger partial charge in [-0.25, -0.2) is 17.9 Å². The van der Waals surface area contributed by atoms with Gasteiger partial charge < -0.3 is 4.90 Å².